The smallest absolute Gasteiger partial charge is 0.00979 e. The van der Waals surface area contributed by atoms with Crippen molar-refractivity contribution in [2.45, 2.75) is 51.4 Å². The van der Waals surface area contributed by atoms with Crippen molar-refractivity contribution in [3.05, 3.63) is 23.8 Å². The van der Waals surface area contributed by atoms with Crippen molar-refractivity contribution in [3.63, 3.8) is 0 Å². The van der Waals surface area contributed by atoms with Gasteiger partial charge in [-0.15, -0.1) is 0 Å². The Morgan fingerprint density at radius 3 is 2.36 bits per heavy atom. The fraction of sp³-hybridized carbons (Fsp3) is 0.692. The molecule has 14 heavy (non-hydrogen) atoms. The second-order valence-electron chi connectivity index (χ2n) is 4.05. The van der Waals surface area contributed by atoms with Crippen LogP contribution in [0.5, 0.6) is 0 Å². The Labute approximate surface area is 93.9 Å². The summed E-state index contributed by atoms with van der Waals surface area (Å²) in [7, 11) is 0. The number of unbranched alkanes of at least 4 members (excludes halogenated alkanes) is 5. The second kappa shape index (κ2) is 8.16. The van der Waals surface area contributed by atoms with Crippen LogP contribution in [0.2, 0.25) is 0 Å². The molecule has 0 nitrogen and oxygen atoms in total. The molecule has 0 amide bonds. The van der Waals surface area contributed by atoms with Gasteiger partial charge in [-0.05, 0) is 31.4 Å². The summed E-state index contributed by atoms with van der Waals surface area (Å²) in [5.74, 6) is 1.05. The molecule has 1 aliphatic carbocycles. The molecule has 0 atom stereocenters. The zero-order chi connectivity index (χ0) is 10.1. The molecule has 0 spiro atoms. The second-order valence-corrected chi connectivity index (χ2v) is 4.50. The van der Waals surface area contributed by atoms with Crippen LogP contribution in [0.25, 0.3) is 0 Å². The lowest BCUT2D eigenvalue weighted by molar-refractivity contribution is 0.607. The molecular formula is C13H22S. The van der Waals surface area contributed by atoms with Gasteiger partial charge in [0, 0.05) is 0 Å². The highest BCUT2D eigenvalue weighted by molar-refractivity contribution is 7.80. The van der Waals surface area contributed by atoms with E-state index in [9.17, 15) is 0 Å². The molecule has 0 N–H and O–H groups in total. The van der Waals surface area contributed by atoms with E-state index in [2.05, 4.69) is 30.9 Å². The third kappa shape index (κ3) is 5.54. The summed E-state index contributed by atoms with van der Waals surface area (Å²) in [5, 5.41) is 0. The standard InChI is InChI=1S/C13H22S/c14-12-8-4-2-1-3-5-9-13-10-6-7-11-13/h6-7,10,14H,1-5,8-9,11-12H2. The van der Waals surface area contributed by atoms with Crippen LogP contribution in [-0.4, -0.2) is 5.75 Å². The summed E-state index contributed by atoms with van der Waals surface area (Å²) in [6, 6.07) is 0. The van der Waals surface area contributed by atoms with Gasteiger partial charge < -0.3 is 0 Å². The van der Waals surface area contributed by atoms with Gasteiger partial charge in [-0.1, -0.05) is 49.5 Å². The van der Waals surface area contributed by atoms with Crippen molar-refractivity contribution in [2.24, 2.45) is 0 Å². The molecule has 0 aromatic heterocycles. The van der Waals surface area contributed by atoms with Crippen molar-refractivity contribution in [1.29, 1.82) is 0 Å². The monoisotopic (exact) mass is 210 g/mol. The minimum atomic E-state index is 1.05. The van der Waals surface area contributed by atoms with Crippen LogP contribution in [0.4, 0.5) is 0 Å². The van der Waals surface area contributed by atoms with Crippen molar-refractivity contribution in [2.75, 3.05) is 5.75 Å². The summed E-state index contributed by atoms with van der Waals surface area (Å²) in [5.41, 5.74) is 1.63. The van der Waals surface area contributed by atoms with Crippen LogP contribution >= 0.6 is 12.6 Å². The first-order valence-electron chi connectivity index (χ1n) is 5.89. The third-order valence-corrected chi connectivity index (χ3v) is 3.07. The highest BCUT2D eigenvalue weighted by Crippen LogP contribution is 2.18. The molecule has 0 saturated heterocycles. The van der Waals surface area contributed by atoms with Gasteiger partial charge in [0.25, 0.3) is 0 Å². The van der Waals surface area contributed by atoms with Crippen molar-refractivity contribution < 1.29 is 0 Å². The van der Waals surface area contributed by atoms with E-state index >= 15 is 0 Å². The molecule has 0 aromatic rings. The lowest BCUT2D eigenvalue weighted by Gasteiger charge is -2.02. The average Bonchev–Trinajstić information content (AvgIpc) is 2.69. The van der Waals surface area contributed by atoms with Gasteiger partial charge >= 0.3 is 0 Å². The number of hydrogen-bond acceptors (Lipinski definition) is 1. The Hall–Kier alpha value is -0.170. The predicted molar refractivity (Wildman–Crippen MR) is 68.0 cm³/mol. The van der Waals surface area contributed by atoms with Crippen LogP contribution in [0.3, 0.4) is 0 Å². The largest absolute Gasteiger partial charge is 0.179 e. The number of hydrogen-bond donors (Lipinski definition) is 1. The summed E-state index contributed by atoms with van der Waals surface area (Å²) in [6.45, 7) is 0. The minimum absolute atomic E-state index is 1.05. The van der Waals surface area contributed by atoms with Crippen LogP contribution in [0.15, 0.2) is 23.8 Å². The molecule has 0 aliphatic heterocycles. The van der Waals surface area contributed by atoms with Crippen LogP contribution < -0.4 is 0 Å². The summed E-state index contributed by atoms with van der Waals surface area (Å²) in [6.07, 6.45) is 17.5. The van der Waals surface area contributed by atoms with Crippen molar-refractivity contribution in [1.82, 2.24) is 0 Å². The first kappa shape index (κ1) is 11.9. The number of rotatable bonds is 8. The topological polar surface area (TPSA) is 0 Å². The van der Waals surface area contributed by atoms with E-state index in [1.165, 1.54) is 51.4 Å². The molecule has 0 saturated carbocycles. The first-order valence-corrected chi connectivity index (χ1v) is 6.52. The van der Waals surface area contributed by atoms with E-state index in [1.807, 2.05) is 0 Å². The lowest BCUT2D eigenvalue weighted by atomic mass is 10.0. The molecular weight excluding hydrogens is 188 g/mol. The fourth-order valence-corrected chi connectivity index (χ4v) is 2.07. The third-order valence-electron chi connectivity index (χ3n) is 2.75. The van der Waals surface area contributed by atoms with Gasteiger partial charge in [-0.3, -0.25) is 0 Å². The zero-order valence-electron chi connectivity index (χ0n) is 9.04. The van der Waals surface area contributed by atoms with Gasteiger partial charge in [0.1, 0.15) is 0 Å². The maximum atomic E-state index is 4.21. The van der Waals surface area contributed by atoms with E-state index in [1.54, 1.807) is 5.57 Å². The number of allylic oxidation sites excluding steroid dienone is 4. The van der Waals surface area contributed by atoms with Gasteiger partial charge in [-0.25, -0.2) is 0 Å². The Morgan fingerprint density at radius 1 is 1.00 bits per heavy atom. The van der Waals surface area contributed by atoms with E-state index in [4.69, 9.17) is 0 Å². The van der Waals surface area contributed by atoms with E-state index in [0.29, 0.717) is 0 Å². The summed E-state index contributed by atoms with van der Waals surface area (Å²) in [4.78, 5) is 0. The molecule has 0 bridgehead atoms. The molecule has 1 aliphatic rings. The van der Waals surface area contributed by atoms with Gasteiger partial charge in [0.15, 0.2) is 0 Å². The maximum absolute atomic E-state index is 4.21. The highest BCUT2D eigenvalue weighted by Gasteiger charge is 1.98. The molecule has 0 radical (unpaired) electrons. The van der Waals surface area contributed by atoms with Crippen molar-refractivity contribution in [3.8, 4) is 0 Å². The molecule has 1 heteroatoms. The molecule has 0 heterocycles. The van der Waals surface area contributed by atoms with Crippen LogP contribution in [0.1, 0.15) is 51.4 Å². The lowest BCUT2D eigenvalue weighted by Crippen LogP contribution is -1.83. The van der Waals surface area contributed by atoms with E-state index in [-0.39, 0.29) is 0 Å². The quantitative estimate of drug-likeness (QED) is 0.441. The maximum Gasteiger partial charge on any atom is -0.00979 e. The minimum Gasteiger partial charge on any atom is -0.179 e. The first-order chi connectivity index (χ1) is 6.93. The normalized spacial score (nSPS) is 14.8. The summed E-state index contributed by atoms with van der Waals surface area (Å²) >= 11 is 4.21. The van der Waals surface area contributed by atoms with Crippen molar-refractivity contribution >= 4 is 12.6 Å². The molecule has 0 aromatic carbocycles. The average molecular weight is 210 g/mol. The Balaban J connectivity index is 1.80. The van der Waals surface area contributed by atoms with Gasteiger partial charge in [-0.2, -0.15) is 12.6 Å². The van der Waals surface area contributed by atoms with E-state index < -0.39 is 0 Å². The fourth-order valence-electron chi connectivity index (χ4n) is 1.85. The Morgan fingerprint density at radius 2 is 1.71 bits per heavy atom. The molecule has 80 valence electrons. The number of thiol groups is 1. The molecule has 0 fully saturated rings. The SMILES string of the molecule is SCCCCCCCCC1=CC=CC1. The molecule has 1 rings (SSSR count). The predicted octanol–water partition coefficient (Wildman–Crippen LogP) is 4.53. The Bertz CT molecular complexity index is 191. The van der Waals surface area contributed by atoms with Gasteiger partial charge in [0.05, 0.1) is 0 Å². The summed E-state index contributed by atoms with van der Waals surface area (Å²) < 4.78 is 0. The van der Waals surface area contributed by atoms with Crippen LogP contribution in [-0.2, 0) is 0 Å². The Kier molecular flexibility index (Phi) is 6.94. The highest BCUT2D eigenvalue weighted by atomic mass is 32.1. The molecule has 0 unspecified atom stereocenters. The van der Waals surface area contributed by atoms with Gasteiger partial charge in [0.2, 0.25) is 0 Å². The van der Waals surface area contributed by atoms with E-state index in [0.717, 1.165) is 5.75 Å². The van der Waals surface area contributed by atoms with Crippen LogP contribution in [0, 0.1) is 0 Å². The zero-order valence-corrected chi connectivity index (χ0v) is 9.94.